The molecule has 30 heavy (non-hydrogen) atoms. The van der Waals surface area contributed by atoms with Crippen LogP contribution in [0.15, 0.2) is 36.4 Å². The number of esters is 2. The second kappa shape index (κ2) is 12.8. The minimum Gasteiger partial charge on any atom is -0.462 e. The fourth-order valence-corrected chi connectivity index (χ4v) is 3.82. The molecule has 0 amide bonds. The molecule has 4 nitrogen and oxygen atoms in total. The smallest absolute Gasteiger partial charge is 0.339 e. The van der Waals surface area contributed by atoms with E-state index < -0.39 is 11.9 Å². The van der Waals surface area contributed by atoms with Gasteiger partial charge in [-0.2, -0.15) is 0 Å². The molecule has 0 radical (unpaired) electrons. The summed E-state index contributed by atoms with van der Waals surface area (Å²) in [4.78, 5) is 25.0. The van der Waals surface area contributed by atoms with Crippen LogP contribution in [-0.2, 0) is 16.1 Å². The van der Waals surface area contributed by atoms with Crippen molar-refractivity contribution in [1.29, 1.82) is 0 Å². The SMILES string of the molecule is CCCCCCCCOC(=O)c1ccccc1C(=O)OCc1c(Cl)cc(Cl)cc1Cl. The molecule has 0 bridgehead atoms. The monoisotopic (exact) mass is 470 g/mol. The number of hydrogen-bond acceptors (Lipinski definition) is 4. The zero-order valence-corrected chi connectivity index (χ0v) is 19.2. The standard InChI is InChI=1S/C23H25Cl3O4/c1-2-3-4-5-6-9-12-29-22(27)17-10-7-8-11-18(17)23(28)30-15-19-20(25)13-16(24)14-21(19)26/h7-8,10-11,13-14H,2-6,9,12,15H2,1H3. The molecule has 0 heterocycles. The Hall–Kier alpha value is -1.75. The van der Waals surface area contributed by atoms with E-state index >= 15 is 0 Å². The number of rotatable bonds is 11. The number of carbonyl (C=O) groups excluding carboxylic acids is 2. The van der Waals surface area contributed by atoms with Gasteiger partial charge in [-0.15, -0.1) is 0 Å². The molecule has 0 unspecified atom stereocenters. The molecule has 0 atom stereocenters. The summed E-state index contributed by atoms with van der Waals surface area (Å²) in [5.74, 6) is -1.21. The van der Waals surface area contributed by atoms with Crippen molar-refractivity contribution in [2.45, 2.75) is 52.1 Å². The van der Waals surface area contributed by atoms with Gasteiger partial charge in [0, 0.05) is 10.6 Å². The summed E-state index contributed by atoms with van der Waals surface area (Å²) in [6.45, 7) is 2.35. The maximum absolute atomic E-state index is 12.6. The van der Waals surface area contributed by atoms with Gasteiger partial charge in [-0.25, -0.2) is 9.59 Å². The zero-order valence-electron chi connectivity index (χ0n) is 16.9. The molecule has 2 rings (SSSR count). The molecular weight excluding hydrogens is 447 g/mol. The molecule has 0 saturated carbocycles. The zero-order chi connectivity index (χ0) is 21.9. The average molecular weight is 472 g/mol. The molecule has 2 aromatic rings. The lowest BCUT2D eigenvalue weighted by Gasteiger charge is -2.11. The first-order valence-electron chi connectivity index (χ1n) is 10.0. The fourth-order valence-electron chi connectivity index (χ4n) is 2.89. The van der Waals surface area contributed by atoms with E-state index in [1.165, 1.54) is 37.5 Å². The van der Waals surface area contributed by atoms with Crippen LogP contribution in [0.3, 0.4) is 0 Å². The van der Waals surface area contributed by atoms with Crippen LogP contribution in [0.2, 0.25) is 15.1 Å². The van der Waals surface area contributed by atoms with Crippen LogP contribution in [0.1, 0.15) is 71.7 Å². The van der Waals surface area contributed by atoms with Gasteiger partial charge in [0.15, 0.2) is 0 Å². The molecule has 162 valence electrons. The minimum atomic E-state index is -0.663. The normalized spacial score (nSPS) is 10.7. The lowest BCUT2D eigenvalue weighted by molar-refractivity contribution is 0.0436. The second-order valence-electron chi connectivity index (χ2n) is 6.87. The molecule has 2 aromatic carbocycles. The highest BCUT2D eigenvalue weighted by Gasteiger charge is 2.20. The van der Waals surface area contributed by atoms with Gasteiger partial charge in [0.1, 0.15) is 6.61 Å². The molecule has 0 aliphatic carbocycles. The number of halogens is 3. The molecule has 0 saturated heterocycles. The lowest BCUT2D eigenvalue weighted by Crippen LogP contribution is -2.14. The van der Waals surface area contributed by atoms with Crippen molar-refractivity contribution < 1.29 is 19.1 Å². The second-order valence-corrected chi connectivity index (χ2v) is 8.12. The first kappa shape index (κ1) is 24.5. The van der Waals surface area contributed by atoms with Crippen molar-refractivity contribution in [3.8, 4) is 0 Å². The molecular formula is C23H25Cl3O4. The average Bonchev–Trinajstić information content (AvgIpc) is 2.72. The lowest BCUT2D eigenvalue weighted by atomic mass is 10.1. The van der Waals surface area contributed by atoms with Gasteiger partial charge in [-0.3, -0.25) is 0 Å². The minimum absolute atomic E-state index is 0.131. The van der Waals surface area contributed by atoms with Crippen LogP contribution < -0.4 is 0 Å². The molecule has 0 aliphatic heterocycles. The summed E-state index contributed by atoms with van der Waals surface area (Å²) >= 11 is 18.1. The molecule has 0 aliphatic rings. The third kappa shape index (κ3) is 7.50. The van der Waals surface area contributed by atoms with Crippen LogP contribution in [0, 0.1) is 0 Å². The van der Waals surface area contributed by atoms with Crippen molar-refractivity contribution in [3.05, 3.63) is 68.2 Å². The Morgan fingerprint density at radius 3 is 1.93 bits per heavy atom. The predicted octanol–water partition coefficient (Wildman–Crippen LogP) is 7.52. The Morgan fingerprint density at radius 1 is 0.800 bits per heavy atom. The molecule has 0 aromatic heterocycles. The maximum atomic E-state index is 12.6. The summed E-state index contributed by atoms with van der Waals surface area (Å²) in [7, 11) is 0. The van der Waals surface area contributed by atoms with Crippen molar-refractivity contribution in [2.75, 3.05) is 6.61 Å². The quantitative estimate of drug-likeness (QED) is 0.251. The summed E-state index contributed by atoms with van der Waals surface area (Å²) < 4.78 is 10.7. The summed E-state index contributed by atoms with van der Waals surface area (Å²) in [6, 6.07) is 9.43. The van der Waals surface area contributed by atoms with Gasteiger partial charge in [0.2, 0.25) is 0 Å². The number of carbonyl (C=O) groups is 2. The Bertz CT molecular complexity index is 844. The van der Waals surface area contributed by atoms with Gasteiger partial charge in [0.25, 0.3) is 0 Å². The van der Waals surface area contributed by atoms with E-state index in [-0.39, 0.29) is 17.7 Å². The number of ether oxygens (including phenoxy) is 2. The van der Waals surface area contributed by atoms with Gasteiger partial charge in [0.05, 0.1) is 27.8 Å². The van der Waals surface area contributed by atoms with Gasteiger partial charge < -0.3 is 9.47 Å². The van der Waals surface area contributed by atoms with Crippen LogP contribution in [0.25, 0.3) is 0 Å². The maximum Gasteiger partial charge on any atom is 0.339 e. The van der Waals surface area contributed by atoms with Crippen LogP contribution in [0.4, 0.5) is 0 Å². The number of benzene rings is 2. The van der Waals surface area contributed by atoms with E-state index in [9.17, 15) is 9.59 Å². The Morgan fingerprint density at radius 2 is 1.33 bits per heavy atom. The van der Waals surface area contributed by atoms with E-state index in [0.29, 0.717) is 27.2 Å². The van der Waals surface area contributed by atoms with Crippen molar-refractivity contribution in [1.82, 2.24) is 0 Å². The fraction of sp³-hybridized carbons (Fsp3) is 0.391. The van der Waals surface area contributed by atoms with E-state index in [1.807, 2.05) is 0 Å². The van der Waals surface area contributed by atoms with E-state index in [0.717, 1.165) is 19.3 Å². The largest absolute Gasteiger partial charge is 0.462 e. The highest BCUT2D eigenvalue weighted by molar-refractivity contribution is 6.39. The number of unbranched alkanes of at least 4 members (excludes halogenated alkanes) is 5. The molecule has 0 fully saturated rings. The van der Waals surface area contributed by atoms with Crippen molar-refractivity contribution >= 4 is 46.7 Å². The van der Waals surface area contributed by atoms with Gasteiger partial charge >= 0.3 is 11.9 Å². The van der Waals surface area contributed by atoms with E-state index in [2.05, 4.69) is 6.92 Å². The third-order valence-electron chi connectivity index (χ3n) is 4.55. The molecule has 0 spiro atoms. The third-order valence-corrected chi connectivity index (χ3v) is 5.44. The first-order valence-corrected chi connectivity index (χ1v) is 11.1. The topological polar surface area (TPSA) is 52.6 Å². The Balaban J connectivity index is 1.94. The molecule has 0 N–H and O–H groups in total. The van der Waals surface area contributed by atoms with Crippen molar-refractivity contribution in [3.63, 3.8) is 0 Å². The summed E-state index contributed by atoms with van der Waals surface area (Å²) in [5.41, 5.74) is 0.743. The Labute approximate surface area is 192 Å². The van der Waals surface area contributed by atoms with Crippen LogP contribution >= 0.6 is 34.8 Å². The highest BCUT2D eigenvalue weighted by Crippen LogP contribution is 2.29. The van der Waals surface area contributed by atoms with Gasteiger partial charge in [-0.1, -0.05) is 86.0 Å². The highest BCUT2D eigenvalue weighted by atomic mass is 35.5. The van der Waals surface area contributed by atoms with E-state index in [1.54, 1.807) is 18.2 Å². The van der Waals surface area contributed by atoms with Crippen LogP contribution in [-0.4, -0.2) is 18.5 Å². The van der Waals surface area contributed by atoms with Gasteiger partial charge in [-0.05, 0) is 30.7 Å². The van der Waals surface area contributed by atoms with E-state index in [4.69, 9.17) is 44.3 Å². The number of hydrogen-bond donors (Lipinski definition) is 0. The summed E-state index contributed by atoms with van der Waals surface area (Å²) in [5, 5.41) is 0.984. The first-order chi connectivity index (χ1) is 14.4. The Kier molecular flexibility index (Phi) is 10.5. The summed E-state index contributed by atoms with van der Waals surface area (Å²) in [6.07, 6.45) is 6.56. The predicted molar refractivity (Wildman–Crippen MR) is 121 cm³/mol. The van der Waals surface area contributed by atoms with Crippen molar-refractivity contribution in [2.24, 2.45) is 0 Å². The van der Waals surface area contributed by atoms with Crippen LogP contribution in [0.5, 0.6) is 0 Å². The molecule has 7 heteroatoms.